The van der Waals surface area contributed by atoms with Gasteiger partial charge in [0.2, 0.25) is 0 Å². The Kier molecular flexibility index (Phi) is 3.02. The van der Waals surface area contributed by atoms with Gasteiger partial charge in [0.05, 0.1) is 23.7 Å². The highest BCUT2D eigenvalue weighted by molar-refractivity contribution is 5.90. The van der Waals surface area contributed by atoms with Gasteiger partial charge in [-0.1, -0.05) is 18.2 Å². The maximum absolute atomic E-state index is 8.50. The predicted molar refractivity (Wildman–Crippen MR) is 65.2 cm³/mol. The predicted octanol–water partition coefficient (Wildman–Crippen LogP) is 2.87. The highest BCUT2D eigenvalue weighted by Gasteiger charge is 2.01. The van der Waals surface area contributed by atoms with Gasteiger partial charge in [0, 0.05) is 17.6 Å². The first-order valence-electron chi connectivity index (χ1n) is 5.28. The number of pyridine rings is 1. The average molecular weight is 211 g/mol. The number of aryl methyl sites for hydroxylation is 1. The molecule has 1 N–H and O–H groups in total. The molecule has 0 aliphatic carbocycles. The zero-order chi connectivity index (χ0) is 11.4. The topological polar surface area (TPSA) is 48.7 Å². The number of fused-ring (bicyclic) bond motifs is 1. The van der Waals surface area contributed by atoms with Gasteiger partial charge in [-0.05, 0) is 19.1 Å². The number of nitrogens with zero attached hydrogens (tertiary/aromatic N) is 2. The molecule has 2 aromatic rings. The normalized spacial score (nSPS) is 10.0. The van der Waals surface area contributed by atoms with Crippen molar-refractivity contribution in [3.8, 4) is 6.07 Å². The van der Waals surface area contributed by atoms with E-state index in [9.17, 15) is 0 Å². The molecule has 1 aromatic heterocycles. The molecular weight excluding hydrogens is 198 g/mol. The Balaban J connectivity index is 2.37. The fourth-order valence-corrected chi connectivity index (χ4v) is 1.64. The lowest BCUT2D eigenvalue weighted by atomic mass is 10.1. The van der Waals surface area contributed by atoms with Gasteiger partial charge < -0.3 is 5.32 Å². The van der Waals surface area contributed by atoms with E-state index in [4.69, 9.17) is 5.26 Å². The van der Waals surface area contributed by atoms with Crippen LogP contribution in [0.3, 0.4) is 0 Å². The van der Waals surface area contributed by atoms with Crippen LogP contribution < -0.4 is 5.32 Å². The fourth-order valence-electron chi connectivity index (χ4n) is 1.64. The second kappa shape index (κ2) is 4.63. The fraction of sp³-hybridized carbons (Fsp3) is 0.231. The summed E-state index contributed by atoms with van der Waals surface area (Å²) in [5.74, 6) is 0. The second-order valence-corrected chi connectivity index (χ2v) is 3.66. The average Bonchev–Trinajstić information content (AvgIpc) is 2.30. The molecule has 0 aliphatic heterocycles. The van der Waals surface area contributed by atoms with Gasteiger partial charge in [-0.3, -0.25) is 4.98 Å². The molecule has 16 heavy (non-hydrogen) atoms. The summed E-state index contributed by atoms with van der Waals surface area (Å²) in [5.41, 5.74) is 2.97. The highest BCUT2D eigenvalue weighted by Crippen LogP contribution is 2.21. The Morgan fingerprint density at radius 3 is 3.00 bits per heavy atom. The van der Waals surface area contributed by atoms with Crippen molar-refractivity contribution in [1.82, 2.24) is 4.98 Å². The van der Waals surface area contributed by atoms with E-state index in [1.54, 1.807) is 0 Å². The SMILES string of the molecule is Cc1ccc2cccc(NCCC#N)c2n1. The minimum absolute atomic E-state index is 0.502. The zero-order valence-electron chi connectivity index (χ0n) is 9.20. The van der Waals surface area contributed by atoms with Crippen LogP contribution in [0.25, 0.3) is 10.9 Å². The number of hydrogen-bond acceptors (Lipinski definition) is 3. The minimum Gasteiger partial charge on any atom is -0.382 e. The Morgan fingerprint density at radius 1 is 1.31 bits per heavy atom. The van der Waals surface area contributed by atoms with Gasteiger partial charge in [-0.25, -0.2) is 0 Å². The summed E-state index contributed by atoms with van der Waals surface area (Å²) in [6.07, 6.45) is 0.502. The van der Waals surface area contributed by atoms with Gasteiger partial charge in [0.15, 0.2) is 0 Å². The molecule has 0 amide bonds. The van der Waals surface area contributed by atoms with Crippen LogP contribution in [-0.2, 0) is 0 Å². The van der Waals surface area contributed by atoms with Gasteiger partial charge >= 0.3 is 0 Å². The summed E-state index contributed by atoms with van der Waals surface area (Å²) in [4.78, 5) is 4.51. The van der Waals surface area contributed by atoms with Gasteiger partial charge in [-0.15, -0.1) is 0 Å². The first-order valence-corrected chi connectivity index (χ1v) is 5.28. The highest BCUT2D eigenvalue weighted by atomic mass is 14.9. The van der Waals surface area contributed by atoms with Crippen molar-refractivity contribution < 1.29 is 0 Å². The van der Waals surface area contributed by atoms with E-state index in [-0.39, 0.29) is 0 Å². The molecule has 0 radical (unpaired) electrons. The Labute approximate surface area is 94.7 Å². The molecule has 1 heterocycles. The zero-order valence-corrected chi connectivity index (χ0v) is 9.20. The van der Waals surface area contributed by atoms with E-state index in [1.807, 2.05) is 31.2 Å². The summed E-state index contributed by atoms with van der Waals surface area (Å²) in [5, 5.41) is 12.8. The summed E-state index contributed by atoms with van der Waals surface area (Å²) < 4.78 is 0. The van der Waals surface area contributed by atoms with E-state index >= 15 is 0 Å². The molecule has 80 valence electrons. The number of hydrogen-bond donors (Lipinski definition) is 1. The lowest BCUT2D eigenvalue weighted by Gasteiger charge is -2.07. The third-order valence-corrected chi connectivity index (χ3v) is 2.41. The minimum atomic E-state index is 0.502. The van der Waals surface area contributed by atoms with E-state index in [1.165, 1.54) is 0 Å². The second-order valence-electron chi connectivity index (χ2n) is 3.66. The van der Waals surface area contributed by atoms with Crippen LogP contribution in [0.2, 0.25) is 0 Å². The van der Waals surface area contributed by atoms with Crippen LogP contribution in [0.1, 0.15) is 12.1 Å². The van der Waals surface area contributed by atoms with Crippen molar-refractivity contribution in [1.29, 1.82) is 5.26 Å². The molecule has 0 bridgehead atoms. The molecule has 0 aliphatic rings. The van der Waals surface area contributed by atoms with Gasteiger partial charge in [0.25, 0.3) is 0 Å². The standard InChI is InChI=1S/C13H13N3/c1-10-6-7-11-4-2-5-12(13(11)16-10)15-9-3-8-14/h2,4-7,15H,3,9H2,1H3. The molecule has 0 saturated heterocycles. The molecule has 0 atom stereocenters. The third-order valence-electron chi connectivity index (χ3n) is 2.41. The van der Waals surface area contributed by atoms with Crippen molar-refractivity contribution >= 4 is 16.6 Å². The van der Waals surface area contributed by atoms with E-state index in [2.05, 4.69) is 22.4 Å². The monoisotopic (exact) mass is 211 g/mol. The third kappa shape index (κ3) is 2.12. The van der Waals surface area contributed by atoms with Crippen LogP contribution >= 0.6 is 0 Å². The molecule has 0 unspecified atom stereocenters. The first kappa shape index (κ1) is 10.4. The van der Waals surface area contributed by atoms with Crippen LogP contribution in [0.15, 0.2) is 30.3 Å². The van der Waals surface area contributed by atoms with Crippen molar-refractivity contribution in [2.45, 2.75) is 13.3 Å². The summed E-state index contributed by atoms with van der Waals surface area (Å²) in [6, 6.07) is 12.2. The summed E-state index contributed by atoms with van der Waals surface area (Å²) in [6.45, 7) is 2.64. The number of rotatable bonds is 3. The van der Waals surface area contributed by atoms with Crippen molar-refractivity contribution in [3.05, 3.63) is 36.0 Å². The van der Waals surface area contributed by atoms with E-state index in [0.29, 0.717) is 13.0 Å². The number of anilines is 1. The van der Waals surface area contributed by atoms with E-state index in [0.717, 1.165) is 22.3 Å². The molecule has 3 heteroatoms. The Morgan fingerprint density at radius 2 is 2.19 bits per heavy atom. The maximum Gasteiger partial charge on any atom is 0.0936 e. The smallest absolute Gasteiger partial charge is 0.0936 e. The number of benzene rings is 1. The van der Waals surface area contributed by atoms with Crippen molar-refractivity contribution in [3.63, 3.8) is 0 Å². The largest absolute Gasteiger partial charge is 0.382 e. The molecule has 3 nitrogen and oxygen atoms in total. The summed E-state index contributed by atoms with van der Waals surface area (Å²) >= 11 is 0. The first-order chi connectivity index (χ1) is 7.81. The van der Waals surface area contributed by atoms with Gasteiger partial charge in [0.1, 0.15) is 0 Å². The quantitative estimate of drug-likeness (QED) is 0.794. The van der Waals surface area contributed by atoms with Crippen LogP contribution in [0.4, 0.5) is 5.69 Å². The molecule has 0 saturated carbocycles. The Bertz CT molecular complexity index is 540. The van der Waals surface area contributed by atoms with Crippen LogP contribution in [-0.4, -0.2) is 11.5 Å². The number of aromatic nitrogens is 1. The molecular formula is C13H13N3. The van der Waals surface area contributed by atoms with E-state index < -0.39 is 0 Å². The van der Waals surface area contributed by atoms with Gasteiger partial charge in [-0.2, -0.15) is 5.26 Å². The molecule has 0 fully saturated rings. The number of nitriles is 1. The molecule has 0 spiro atoms. The lowest BCUT2D eigenvalue weighted by molar-refractivity contribution is 1.08. The van der Waals surface area contributed by atoms with Crippen LogP contribution in [0.5, 0.6) is 0 Å². The lowest BCUT2D eigenvalue weighted by Crippen LogP contribution is -2.01. The Hall–Kier alpha value is -2.08. The molecule has 2 rings (SSSR count). The van der Waals surface area contributed by atoms with Crippen LogP contribution in [0, 0.1) is 18.3 Å². The number of nitrogens with one attached hydrogen (secondary N) is 1. The van der Waals surface area contributed by atoms with Crippen molar-refractivity contribution in [2.75, 3.05) is 11.9 Å². The molecule has 1 aromatic carbocycles. The number of para-hydroxylation sites is 1. The van der Waals surface area contributed by atoms with Crippen molar-refractivity contribution in [2.24, 2.45) is 0 Å². The maximum atomic E-state index is 8.50. The summed E-state index contributed by atoms with van der Waals surface area (Å²) in [7, 11) is 0.